The van der Waals surface area contributed by atoms with E-state index in [-0.39, 0.29) is 23.6 Å². The number of aromatic nitrogens is 2. The molecule has 0 saturated heterocycles. The monoisotopic (exact) mass is 349 g/mol. The van der Waals surface area contributed by atoms with E-state index in [4.69, 9.17) is 0 Å². The Morgan fingerprint density at radius 2 is 2.22 bits per heavy atom. The lowest BCUT2D eigenvalue weighted by atomic mass is 10.2. The molecule has 0 saturated carbocycles. The number of hydrogen-bond acceptors (Lipinski definition) is 7. The Balaban J connectivity index is 1.78. The molecule has 1 atom stereocenters. The van der Waals surface area contributed by atoms with E-state index < -0.39 is 0 Å². The molecule has 1 aromatic heterocycles. The number of fused-ring (bicyclic) bond motifs is 1. The third kappa shape index (κ3) is 3.30. The maximum Gasteiger partial charge on any atom is 0.244 e. The second kappa shape index (κ2) is 6.55. The van der Waals surface area contributed by atoms with Crippen LogP contribution in [0.15, 0.2) is 28.6 Å². The van der Waals surface area contributed by atoms with Crippen molar-refractivity contribution in [3.05, 3.63) is 24.3 Å². The number of para-hydroxylation sites is 2. The first-order valence-corrected chi connectivity index (χ1v) is 8.66. The van der Waals surface area contributed by atoms with Crippen molar-refractivity contribution >= 4 is 51.4 Å². The molecule has 2 heterocycles. The van der Waals surface area contributed by atoms with Gasteiger partial charge in [-0.05, 0) is 19.1 Å². The topological polar surface area (TPSA) is 87.2 Å². The van der Waals surface area contributed by atoms with Gasteiger partial charge < -0.3 is 10.6 Å². The lowest BCUT2D eigenvalue weighted by Gasteiger charge is -2.30. The van der Waals surface area contributed by atoms with Crippen LogP contribution in [0.4, 0.5) is 16.5 Å². The van der Waals surface area contributed by atoms with Crippen LogP contribution in [0.25, 0.3) is 0 Å². The second-order valence-corrected chi connectivity index (χ2v) is 7.44. The van der Waals surface area contributed by atoms with Gasteiger partial charge in [0.1, 0.15) is 6.54 Å². The molecule has 1 aliphatic rings. The van der Waals surface area contributed by atoms with Crippen LogP contribution in [-0.4, -0.2) is 40.9 Å². The van der Waals surface area contributed by atoms with Crippen LogP contribution < -0.4 is 15.5 Å². The summed E-state index contributed by atoms with van der Waals surface area (Å²) in [6, 6.07) is 7.28. The summed E-state index contributed by atoms with van der Waals surface area (Å²) < 4.78 is 0.713. The molecule has 9 heteroatoms. The average Bonchev–Trinajstić information content (AvgIpc) is 3.00. The van der Waals surface area contributed by atoms with Gasteiger partial charge in [-0.3, -0.25) is 14.5 Å². The zero-order valence-electron chi connectivity index (χ0n) is 12.6. The van der Waals surface area contributed by atoms with E-state index in [1.807, 2.05) is 25.1 Å². The van der Waals surface area contributed by atoms with Gasteiger partial charge in [0.15, 0.2) is 4.34 Å². The summed E-state index contributed by atoms with van der Waals surface area (Å²) >= 11 is 2.73. The fourth-order valence-electron chi connectivity index (χ4n) is 2.21. The van der Waals surface area contributed by atoms with Gasteiger partial charge in [0.05, 0.1) is 16.6 Å². The van der Waals surface area contributed by atoms with Crippen molar-refractivity contribution in [3.63, 3.8) is 0 Å². The molecule has 120 valence electrons. The third-order valence-corrected chi connectivity index (χ3v) is 5.39. The summed E-state index contributed by atoms with van der Waals surface area (Å²) in [5.74, 6) is -0.318. The molecule has 3 rings (SSSR count). The van der Waals surface area contributed by atoms with Crippen LogP contribution in [0.5, 0.6) is 0 Å². The number of benzene rings is 1. The molecular weight excluding hydrogens is 334 g/mol. The first-order valence-electron chi connectivity index (χ1n) is 6.96. The standard InChI is InChI=1S/C14H15N5O2S2/c1-8(22-14-18-17-13(15-2)23-14)12(21)19-7-11(20)16-9-5-3-4-6-10(9)19/h3-6,8H,7H2,1-2H3,(H,15,17)(H,16,20)/t8-/m1/s1. The Labute approximate surface area is 141 Å². The number of carbonyl (C=O) groups is 2. The Kier molecular flexibility index (Phi) is 4.49. The quantitative estimate of drug-likeness (QED) is 0.822. The van der Waals surface area contributed by atoms with Gasteiger partial charge >= 0.3 is 0 Å². The number of rotatable bonds is 4. The van der Waals surface area contributed by atoms with E-state index in [9.17, 15) is 9.59 Å². The molecule has 0 aliphatic carbocycles. The van der Waals surface area contributed by atoms with E-state index >= 15 is 0 Å². The molecule has 0 spiro atoms. The third-order valence-electron chi connectivity index (χ3n) is 3.28. The molecule has 2 aromatic rings. The SMILES string of the molecule is CNc1nnc(S[C@H](C)C(=O)N2CC(=O)Nc3ccccc32)s1. The highest BCUT2D eigenvalue weighted by Gasteiger charge is 2.30. The zero-order valence-corrected chi connectivity index (χ0v) is 14.2. The van der Waals surface area contributed by atoms with Crippen molar-refractivity contribution in [1.29, 1.82) is 0 Å². The van der Waals surface area contributed by atoms with Gasteiger partial charge in [0.25, 0.3) is 0 Å². The molecular formula is C14H15N5O2S2. The van der Waals surface area contributed by atoms with Crippen molar-refractivity contribution in [1.82, 2.24) is 10.2 Å². The van der Waals surface area contributed by atoms with Crippen LogP contribution in [0.1, 0.15) is 6.92 Å². The molecule has 2 N–H and O–H groups in total. The van der Waals surface area contributed by atoms with Gasteiger partial charge in [0.2, 0.25) is 16.9 Å². The summed E-state index contributed by atoms with van der Waals surface area (Å²) in [5, 5.41) is 14.0. The number of amides is 2. The summed E-state index contributed by atoms with van der Waals surface area (Å²) in [6.45, 7) is 1.83. The number of nitrogens with zero attached hydrogens (tertiary/aromatic N) is 3. The maximum absolute atomic E-state index is 12.8. The zero-order chi connectivity index (χ0) is 16.4. The van der Waals surface area contributed by atoms with Gasteiger partial charge in [-0.15, -0.1) is 10.2 Å². The lowest BCUT2D eigenvalue weighted by molar-refractivity contribution is -0.121. The first kappa shape index (κ1) is 15.8. The number of anilines is 3. The van der Waals surface area contributed by atoms with Crippen molar-refractivity contribution in [3.8, 4) is 0 Å². The highest BCUT2D eigenvalue weighted by Crippen LogP contribution is 2.33. The second-order valence-electron chi connectivity index (χ2n) is 4.87. The molecule has 0 unspecified atom stereocenters. The number of hydrogen-bond donors (Lipinski definition) is 2. The highest BCUT2D eigenvalue weighted by molar-refractivity contribution is 8.02. The molecule has 2 amide bonds. The normalized spacial score (nSPS) is 14.9. The number of carbonyl (C=O) groups excluding carboxylic acids is 2. The van der Waals surface area contributed by atoms with Crippen LogP contribution in [0, 0.1) is 0 Å². The van der Waals surface area contributed by atoms with Gasteiger partial charge in [0, 0.05) is 7.05 Å². The van der Waals surface area contributed by atoms with Gasteiger partial charge in [-0.2, -0.15) is 0 Å². The van der Waals surface area contributed by atoms with Crippen LogP contribution in [0.2, 0.25) is 0 Å². The molecule has 0 bridgehead atoms. The number of thioether (sulfide) groups is 1. The summed E-state index contributed by atoms with van der Waals surface area (Å²) in [4.78, 5) is 26.1. The van der Waals surface area contributed by atoms with E-state index in [2.05, 4.69) is 20.8 Å². The predicted octanol–water partition coefficient (Wildman–Crippen LogP) is 2.05. The van der Waals surface area contributed by atoms with Crippen molar-refractivity contribution in [2.24, 2.45) is 0 Å². The first-order chi connectivity index (χ1) is 11.1. The average molecular weight is 349 g/mol. The number of nitrogens with one attached hydrogen (secondary N) is 2. The maximum atomic E-state index is 12.8. The van der Waals surface area contributed by atoms with Crippen molar-refractivity contribution in [2.75, 3.05) is 29.1 Å². The lowest BCUT2D eigenvalue weighted by Crippen LogP contribution is -2.45. The summed E-state index contributed by atoms with van der Waals surface area (Å²) in [6.07, 6.45) is 0. The van der Waals surface area contributed by atoms with E-state index in [0.29, 0.717) is 15.2 Å². The van der Waals surface area contributed by atoms with Crippen LogP contribution in [0.3, 0.4) is 0 Å². The van der Waals surface area contributed by atoms with Gasteiger partial charge in [-0.25, -0.2) is 0 Å². The largest absolute Gasteiger partial charge is 0.363 e. The smallest absolute Gasteiger partial charge is 0.244 e. The Morgan fingerprint density at radius 1 is 1.43 bits per heavy atom. The summed E-state index contributed by atoms with van der Waals surface area (Å²) in [7, 11) is 1.77. The van der Waals surface area contributed by atoms with Crippen LogP contribution in [-0.2, 0) is 9.59 Å². The highest BCUT2D eigenvalue weighted by atomic mass is 32.2. The van der Waals surface area contributed by atoms with Crippen LogP contribution >= 0.6 is 23.1 Å². The van der Waals surface area contributed by atoms with E-state index in [0.717, 1.165) is 5.69 Å². The predicted molar refractivity (Wildman–Crippen MR) is 92.2 cm³/mol. The molecule has 0 fully saturated rings. The molecule has 1 aromatic carbocycles. The Hall–Kier alpha value is -2.13. The fourth-order valence-corrected chi connectivity index (χ4v) is 4.12. The summed E-state index contributed by atoms with van der Waals surface area (Å²) in [5.41, 5.74) is 1.38. The van der Waals surface area contributed by atoms with Crippen molar-refractivity contribution in [2.45, 2.75) is 16.5 Å². The molecule has 7 nitrogen and oxygen atoms in total. The Morgan fingerprint density at radius 3 is 2.96 bits per heavy atom. The minimum absolute atomic E-state index is 0.0264. The van der Waals surface area contributed by atoms with E-state index in [1.54, 1.807) is 13.1 Å². The molecule has 0 radical (unpaired) electrons. The van der Waals surface area contributed by atoms with Crippen molar-refractivity contribution < 1.29 is 9.59 Å². The van der Waals surface area contributed by atoms with Gasteiger partial charge in [-0.1, -0.05) is 35.2 Å². The fraction of sp³-hybridized carbons (Fsp3) is 0.286. The molecule has 23 heavy (non-hydrogen) atoms. The minimum atomic E-state index is -0.369. The minimum Gasteiger partial charge on any atom is -0.363 e. The van der Waals surface area contributed by atoms with E-state index in [1.165, 1.54) is 28.0 Å². The molecule has 1 aliphatic heterocycles. The Bertz CT molecular complexity index is 748.